The van der Waals surface area contributed by atoms with Gasteiger partial charge in [0.1, 0.15) is 11.6 Å². The summed E-state index contributed by atoms with van der Waals surface area (Å²) in [7, 11) is 5.57. The van der Waals surface area contributed by atoms with Gasteiger partial charge < -0.3 is 15.4 Å². The van der Waals surface area contributed by atoms with Crippen LogP contribution in [0, 0.1) is 5.41 Å². The zero-order valence-electron chi connectivity index (χ0n) is 9.37. The maximum absolute atomic E-state index is 7.44. The highest BCUT2D eigenvalue weighted by Gasteiger charge is 2.07. The van der Waals surface area contributed by atoms with E-state index in [1.807, 2.05) is 32.3 Å². The van der Waals surface area contributed by atoms with Crippen molar-refractivity contribution in [3.05, 3.63) is 29.3 Å². The normalized spacial score (nSPS) is 10.4. The van der Waals surface area contributed by atoms with Crippen LogP contribution in [-0.4, -0.2) is 31.9 Å². The number of amidine groups is 1. The number of nitrogen functional groups attached to an aromatic ring is 1. The van der Waals surface area contributed by atoms with Gasteiger partial charge in [-0.2, -0.15) is 0 Å². The summed E-state index contributed by atoms with van der Waals surface area (Å²) >= 11 is 0. The highest BCUT2D eigenvalue weighted by molar-refractivity contribution is 5.97. The van der Waals surface area contributed by atoms with Crippen LogP contribution in [0.1, 0.15) is 11.1 Å². The van der Waals surface area contributed by atoms with Crippen LogP contribution >= 0.6 is 0 Å². The highest BCUT2D eigenvalue weighted by Crippen LogP contribution is 2.19. The van der Waals surface area contributed by atoms with Crippen LogP contribution in [0.5, 0.6) is 5.75 Å². The number of nitrogens with two attached hydrogens (primary N) is 1. The second-order valence-electron chi connectivity index (χ2n) is 3.69. The molecule has 0 aliphatic carbocycles. The van der Waals surface area contributed by atoms with Gasteiger partial charge in [0.2, 0.25) is 0 Å². The van der Waals surface area contributed by atoms with Crippen LogP contribution in [0.3, 0.4) is 0 Å². The Labute approximate surface area is 90.2 Å². The van der Waals surface area contributed by atoms with Gasteiger partial charge in [-0.3, -0.25) is 5.41 Å². The zero-order chi connectivity index (χ0) is 11.4. The minimum absolute atomic E-state index is 0.0347. The number of benzene rings is 1. The summed E-state index contributed by atoms with van der Waals surface area (Å²) in [6, 6.07) is 5.71. The Kier molecular flexibility index (Phi) is 3.68. The van der Waals surface area contributed by atoms with Gasteiger partial charge in [-0.15, -0.1) is 0 Å². The van der Waals surface area contributed by atoms with Gasteiger partial charge >= 0.3 is 0 Å². The number of nitrogens with one attached hydrogen (secondary N) is 1. The van der Waals surface area contributed by atoms with E-state index >= 15 is 0 Å². The topological polar surface area (TPSA) is 62.3 Å². The summed E-state index contributed by atoms with van der Waals surface area (Å²) in [6.07, 6.45) is 0. The van der Waals surface area contributed by atoms with Gasteiger partial charge in [0.25, 0.3) is 0 Å². The molecule has 1 rings (SSSR count). The molecule has 0 heterocycles. The highest BCUT2D eigenvalue weighted by atomic mass is 16.5. The second-order valence-corrected chi connectivity index (χ2v) is 3.69. The molecule has 0 saturated heterocycles. The van der Waals surface area contributed by atoms with Crippen LogP contribution < -0.4 is 10.5 Å². The SMILES string of the molecule is COc1ccc(CN(C)C)cc1C(=N)N. The molecule has 0 aromatic heterocycles. The quantitative estimate of drug-likeness (QED) is 0.573. The third-order valence-electron chi connectivity index (χ3n) is 2.05. The van der Waals surface area contributed by atoms with Gasteiger partial charge in [-0.1, -0.05) is 6.07 Å². The monoisotopic (exact) mass is 207 g/mol. The molecule has 0 spiro atoms. The first-order valence-electron chi connectivity index (χ1n) is 4.70. The van der Waals surface area contributed by atoms with Gasteiger partial charge in [0.05, 0.1) is 12.7 Å². The first-order valence-corrected chi connectivity index (χ1v) is 4.70. The molecule has 3 N–H and O–H groups in total. The molecule has 0 aliphatic rings. The van der Waals surface area contributed by atoms with E-state index < -0.39 is 0 Å². The minimum atomic E-state index is 0.0347. The van der Waals surface area contributed by atoms with E-state index in [0.29, 0.717) is 11.3 Å². The van der Waals surface area contributed by atoms with Crippen molar-refractivity contribution in [3.63, 3.8) is 0 Å². The maximum atomic E-state index is 7.44. The Hall–Kier alpha value is -1.55. The van der Waals surface area contributed by atoms with E-state index in [9.17, 15) is 0 Å². The van der Waals surface area contributed by atoms with Crippen molar-refractivity contribution in [2.45, 2.75) is 6.54 Å². The molecular formula is C11H17N3O. The molecule has 15 heavy (non-hydrogen) atoms. The molecule has 82 valence electrons. The summed E-state index contributed by atoms with van der Waals surface area (Å²) in [4.78, 5) is 2.06. The fourth-order valence-corrected chi connectivity index (χ4v) is 1.43. The maximum Gasteiger partial charge on any atom is 0.129 e. The second kappa shape index (κ2) is 4.79. The Morgan fingerprint density at radius 3 is 2.60 bits per heavy atom. The van der Waals surface area contributed by atoms with Crippen molar-refractivity contribution >= 4 is 5.84 Å². The van der Waals surface area contributed by atoms with Crippen molar-refractivity contribution in [2.24, 2.45) is 5.73 Å². The summed E-state index contributed by atoms with van der Waals surface area (Å²) in [5, 5.41) is 7.44. The van der Waals surface area contributed by atoms with Crippen molar-refractivity contribution in [3.8, 4) is 5.75 Å². The average Bonchev–Trinajstić information content (AvgIpc) is 2.16. The molecule has 1 aromatic rings. The van der Waals surface area contributed by atoms with E-state index in [-0.39, 0.29) is 5.84 Å². The van der Waals surface area contributed by atoms with Crippen LogP contribution in [0.25, 0.3) is 0 Å². The molecule has 0 radical (unpaired) electrons. The molecule has 1 aromatic carbocycles. The smallest absolute Gasteiger partial charge is 0.129 e. The van der Waals surface area contributed by atoms with Crippen molar-refractivity contribution in [1.29, 1.82) is 5.41 Å². The lowest BCUT2D eigenvalue weighted by Gasteiger charge is -2.12. The largest absolute Gasteiger partial charge is 0.496 e. The summed E-state index contributed by atoms with van der Waals surface area (Å²) in [5.41, 5.74) is 7.25. The third-order valence-corrected chi connectivity index (χ3v) is 2.05. The lowest BCUT2D eigenvalue weighted by molar-refractivity contribution is 0.399. The standard InChI is InChI=1S/C11H17N3O/c1-14(2)7-8-4-5-10(15-3)9(6-8)11(12)13/h4-6H,7H2,1-3H3,(H3,12,13). The Morgan fingerprint density at radius 1 is 1.47 bits per heavy atom. The van der Waals surface area contributed by atoms with Crippen LogP contribution in [0.2, 0.25) is 0 Å². The molecule has 0 saturated carbocycles. The first kappa shape index (κ1) is 11.5. The first-order chi connectivity index (χ1) is 7.04. The molecule has 0 unspecified atom stereocenters. The molecule has 4 nitrogen and oxygen atoms in total. The number of methoxy groups -OCH3 is 1. The number of nitrogens with zero attached hydrogens (tertiary/aromatic N) is 1. The summed E-state index contributed by atoms with van der Waals surface area (Å²) in [6.45, 7) is 0.824. The van der Waals surface area contributed by atoms with Crippen molar-refractivity contribution in [2.75, 3.05) is 21.2 Å². The van der Waals surface area contributed by atoms with Gasteiger partial charge in [-0.05, 0) is 31.8 Å². The van der Waals surface area contributed by atoms with Gasteiger partial charge in [0, 0.05) is 6.54 Å². The average molecular weight is 207 g/mol. The molecule has 0 atom stereocenters. The molecule has 4 heteroatoms. The molecule has 0 fully saturated rings. The van der Waals surface area contributed by atoms with Crippen LogP contribution in [-0.2, 0) is 6.54 Å². The van der Waals surface area contributed by atoms with E-state index in [4.69, 9.17) is 15.9 Å². The van der Waals surface area contributed by atoms with Crippen molar-refractivity contribution < 1.29 is 4.74 Å². The van der Waals surface area contributed by atoms with Crippen LogP contribution in [0.4, 0.5) is 0 Å². The lowest BCUT2D eigenvalue weighted by Crippen LogP contribution is -2.15. The Bertz CT molecular complexity index is 361. The lowest BCUT2D eigenvalue weighted by atomic mass is 10.1. The minimum Gasteiger partial charge on any atom is -0.496 e. The van der Waals surface area contributed by atoms with E-state index in [2.05, 4.69) is 4.90 Å². The third kappa shape index (κ3) is 2.95. The predicted molar refractivity (Wildman–Crippen MR) is 61.4 cm³/mol. The number of hydrogen-bond donors (Lipinski definition) is 2. The van der Waals surface area contributed by atoms with Crippen LogP contribution in [0.15, 0.2) is 18.2 Å². The fourth-order valence-electron chi connectivity index (χ4n) is 1.43. The number of ether oxygens (including phenoxy) is 1. The Morgan fingerprint density at radius 2 is 2.13 bits per heavy atom. The van der Waals surface area contributed by atoms with Gasteiger partial charge in [-0.25, -0.2) is 0 Å². The molecule has 0 bridgehead atoms. The van der Waals surface area contributed by atoms with E-state index in [1.54, 1.807) is 7.11 Å². The predicted octanol–water partition coefficient (Wildman–Crippen LogP) is 1.04. The number of rotatable bonds is 4. The number of hydrogen-bond acceptors (Lipinski definition) is 3. The molecule has 0 amide bonds. The molecular weight excluding hydrogens is 190 g/mol. The van der Waals surface area contributed by atoms with E-state index in [1.165, 1.54) is 0 Å². The molecule has 0 aliphatic heterocycles. The van der Waals surface area contributed by atoms with E-state index in [0.717, 1.165) is 12.1 Å². The zero-order valence-corrected chi connectivity index (χ0v) is 9.37. The summed E-state index contributed by atoms with van der Waals surface area (Å²) < 4.78 is 5.13. The summed E-state index contributed by atoms with van der Waals surface area (Å²) in [5.74, 6) is 0.678. The van der Waals surface area contributed by atoms with Gasteiger partial charge in [0.15, 0.2) is 0 Å². The van der Waals surface area contributed by atoms with Crippen molar-refractivity contribution in [1.82, 2.24) is 4.90 Å². The Balaban J connectivity index is 3.05. The fraction of sp³-hybridized carbons (Fsp3) is 0.364.